The Morgan fingerprint density at radius 1 is 0.513 bits per heavy atom. The van der Waals surface area contributed by atoms with Crippen LogP contribution in [0.3, 0.4) is 0 Å². The molecule has 236 valence electrons. The molecule has 0 aromatic carbocycles. The van der Waals surface area contributed by atoms with E-state index in [1.807, 2.05) is 0 Å². The van der Waals surface area contributed by atoms with Crippen LogP contribution in [0.25, 0.3) is 0 Å². The Balaban J connectivity index is 4.44. The van der Waals surface area contributed by atoms with Gasteiger partial charge in [0, 0.05) is 0 Å². The van der Waals surface area contributed by atoms with Crippen LogP contribution in [0.2, 0.25) is 0 Å². The summed E-state index contributed by atoms with van der Waals surface area (Å²) in [7, 11) is 0.949. The first-order valence-electron chi connectivity index (χ1n) is 17.1. The first kappa shape index (κ1) is 39.1. The molecule has 0 rings (SSSR count). The van der Waals surface area contributed by atoms with Crippen LogP contribution in [0.4, 0.5) is 0 Å². The monoisotopic (exact) mass is 577 g/mol. The summed E-state index contributed by atoms with van der Waals surface area (Å²) < 4.78 is 12.7. The average Bonchev–Trinajstić information content (AvgIpc) is 2.83. The van der Waals surface area contributed by atoms with Crippen molar-refractivity contribution in [2.45, 2.75) is 192 Å². The summed E-state index contributed by atoms with van der Waals surface area (Å²) in [6.07, 6.45) is 30.9. The van der Waals surface area contributed by atoms with Gasteiger partial charge in [-0.15, -0.1) is 0 Å². The van der Waals surface area contributed by atoms with E-state index in [4.69, 9.17) is 0 Å². The summed E-state index contributed by atoms with van der Waals surface area (Å²) in [5.74, 6) is -1.08. The van der Waals surface area contributed by atoms with Crippen molar-refractivity contribution in [3.05, 3.63) is 0 Å². The summed E-state index contributed by atoms with van der Waals surface area (Å²) in [6, 6.07) is 0. The van der Waals surface area contributed by atoms with Crippen LogP contribution >= 0.6 is 7.60 Å². The Labute approximate surface area is 244 Å². The zero-order valence-electron chi connectivity index (χ0n) is 27.1. The van der Waals surface area contributed by atoms with Crippen LogP contribution in [0.1, 0.15) is 181 Å². The lowest BCUT2D eigenvalue weighted by atomic mass is 9.88. The predicted molar refractivity (Wildman–Crippen MR) is 170 cm³/mol. The normalized spacial score (nSPS) is 13.7. The minimum absolute atomic E-state index is 0.0806. The maximum atomic E-state index is 12.6. The highest BCUT2D eigenvalue weighted by atomic mass is 31.2. The van der Waals surface area contributed by atoms with Gasteiger partial charge in [0.1, 0.15) is 5.60 Å². The van der Waals surface area contributed by atoms with Crippen LogP contribution < -0.4 is 0 Å². The van der Waals surface area contributed by atoms with Crippen LogP contribution in [0.5, 0.6) is 0 Å². The second kappa shape index (κ2) is 23.6. The van der Waals surface area contributed by atoms with E-state index in [0.29, 0.717) is 12.8 Å². The number of nitrogens with zero attached hydrogens (tertiary/aromatic N) is 1. The molecule has 0 heterocycles. The predicted octanol–water partition coefficient (Wildman–Crippen LogP) is 10.1. The third kappa shape index (κ3) is 21.4. The topological polar surface area (TPSA) is 77.8 Å². The summed E-state index contributed by atoms with van der Waals surface area (Å²) in [6.45, 7) is 4.52. The zero-order valence-corrected chi connectivity index (χ0v) is 28.0. The maximum Gasteiger partial charge on any atom is 0.385 e. The Kier molecular flexibility index (Phi) is 23.7. The standard InChI is InChI=1S/C33H70NO4P/c1-6-8-10-12-14-16-18-20-22-24-26-28-30-33(35,32(34(3,4)5)39(36,37)38)31-29-27-25-23-21-19-17-15-13-11-9-7-2/h32,35H,6-31H2,1-5H3,(H-,36,37,38)/p+1. The highest BCUT2D eigenvalue weighted by Crippen LogP contribution is 2.52. The van der Waals surface area contributed by atoms with E-state index in [2.05, 4.69) is 13.8 Å². The van der Waals surface area contributed by atoms with Crippen LogP contribution in [0, 0.1) is 0 Å². The molecule has 0 aliphatic carbocycles. The van der Waals surface area contributed by atoms with E-state index < -0.39 is 19.0 Å². The number of unbranched alkanes of at least 4 members (excludes halogenated alkanes) is 22. The molecule has 6 heteroatoms. The molecule has 0 aromatic rings. The molecule has 1 unspecified atom stereocenters. The largest absolute Gasteiger partial charge is 0.385 e. The van der Waals surface area contributed by atoms with E-state index in [1.165, 1.54) is 116 Å². The first-order valence-corrected chi connectivity index (χ1v) is 18.8. The quantitative estimate of drug-likeness (QED) is 0.0470. The van der Waals surface area contributed by atoms with Crippen molar-refractivity contribution in [2.24, 2.45) is 0 Å². The average molecular weight is 577 g/mol. The molecule has 0 aromatic heterocycles. The molecule has 0 bridgehead atoms. The van der Waals surface area contributed by atoms with Gasteiger partial charge >= 0.3 is 7.60 Å². The van der Waals surface area contributed by atoms with Crippen LogP contribution in [-0.2, 0) is 4.57 Å². The number of likely N-dealkylation sites (N-methyl/N-ethyl adjacent to an activating group) is 1. The number of rotatable bonds is 29. The van der Waals surface area contributed by atoms with Crippen molar-refractivity contribution in [3.8, 4) is 0 Å². The van der Waals surface area contributed by atoms with Gasteiger partial charge in [0.05, 0.1) is 21.1 Å². The maximum absolute atomic E-state index is 12.6. The van der Waals surface area contributed by atoms with Gasteiger partial charge in [-0.1, -0.05) is 168 Å². The Morgan fingerprint density at radius 3 is 0.949 bits per heavy atom. The van der Waals surface area contributed by atoms with Gasteiger partial charge in [-0.05, 0) is 12.8 Å². The van der Waals surface area contributed by atoms with Crippen molar-refractivity contribution in [2.75, 3.05) is 21.1 Å². The molecule has 0 saturated carbocycles. The third-order valence-corrected chi connectivity index (χ3v) is 10.3. The SMILES string of the molecule is CCCCCCCCCCCCCCC(O)(CCCCCCCCCCCCCC)C([N+](C)(C)C)P(=O)(O)O. The summed E-state index contributed by atoms with van der Waals surface area (Å²) in [5.41, 5.74) is -1.33. The zero-order chi connectivity index (χ0) is 29.5. The first-order chi connectivity index (χ1) is 18.5. The lowest BCUT2D eigenvalue weighted by Crippen LogP contribution is -2.58. The third-order valence-electron chi connectivity index (χ3n) is 8.46. The minimum atomic E-state index is -4.47. The molecular weight excluding hydrogens is 505 g/mol. The molecular formula is C33H71NO4P+. The molecule has 0 amide bonds. The fourth-order valence-electron chi connectivity index (χ4n) is 6.41. The van der Waals surface area contributed by atoms with E-state index in [1.54, 1.807) is 21.1 Å². The van der Waals surface area contributed by atoms with Gasteiger partial charge in [0.15, 0.2) is 0 Å². The molecule has 3 N–H and O–H groups in total. The molecule has 0 spiro atoms. The van der Waals surface area contributed by atoms with Gasteiger partial charge in [0.2, 0.25) is 5.78 Å². The van der Waals surface area contributed by atoms with Crippen molar-refractivity contribution < 1.29 is 23.9 Å². The molecule has 0 fully saturated rings. The second-order valence-electron chi connectivity index (χ2n) is 13.5. The lowest BCUT2D eigenvalue weighted by Gasteiger charge is -2.44. The number of hydrogen-bond acceptors (Lipinski definition) is 2. The van der Waals surface area contributed by atoms with Crippen molar-refractivity contribution in [1.29, 1.82) is 0 Å². The smallest absolute Gasteiger partial charge is 0.383 e. The van der Waals surface area contributed by atoms with Gasteiger partial charge in [0.25, 0.3) is 0 Å². The van der Waals surface area contributed by atoms with Gasteiger partial charge in [-0.25, -0.2) is 0 Å². The molecule has 1 atom stereocenters. The number of hydrogen-bond donors (Lipinski definition) is 3. The van der Waals surface area contributed by atoms with E-state index >= 15 is 0 Å². The van der Waals surface area contributed by atoms with E-state index in [-0.39, 0.29) is 4.48 Å². The molecule has 0 aliphatic rings. The highest BCUT2D eigenvalue weighted by Gasteiger charge is 2.54. The van der Waals surface area contributed by atoms with Gasteiger partial charge in [-0.3, -0.25) is 4.57 Å². The molecule has 0 saturated heterocycles. The van der Waals surface area contributed by atoms with Crippen molar-refractivity contribution in [3.63, 3.8) is 0 Å². The lowest BCUT2D eigenvalue weighted by molar-refractivity contribution is -0.890. The Morgan fingerprint density at radius 2 is 0.744 bits per heavy atom. The fraction of sp³-hybridized carbons (Fsp3) is 1.00. The summed E-state index contributed by atoms with van der Waals surface area (Å²) in [4.78, 5) is 20.5. The summed E-state index contributed by atoms with van der Waals surface area (Å²) in [5, 5.41) is 11.8. The van der Waals surface area contributed by atoms with Crippen LogP contribution in [0.15, 0.2) is 0 Å². The molecule has 39 heavy (non-hydrogen) atoms. The minimum Gasteiger partial charge on any atom is -0.383 e. The van der Waals surface area contributed by atoms with Gasteiger partial charge in [-0.2, -0.15) is 0 Å². The number of aliphatic hydroxyl groups is 1. The molecule has 5 nitrogen and oxygen atoms in total. The summed E-state index contributed by atoms with van der Waals surface area (Å²) >= 11 is 0. The number of quaternary nitrogens is 1. The second-order valence-corrected chi connectivity index (χ2v) is 15.1. The Hall–Kier alpha value is 0.0700. The van der Waals surface area contributed by atoms with Gasteiger partial charge < -0.3 is 19.4 Å². The van der Waals surface area contributed by atoms with Crippen molar-refractivity contribution >= 4 is 7.60 Å². The highest BCUT2D eigenvalue weighted by molar-refractivity contribution is 7.52. The van der Waals surface area contributed by atoms with Crippen LogP contribution in [-0.4, -0.2) is 51.9 Å². The van der Waals surface area contributed by atoms with E-state index in [0.717, 1.165) is 38.5 Å². The molecule has 0 aliphatic heterocycles. The van der Waals surface area contributed by atoms with E-state index in [9.17, 15) is 19.5 Å². The fourth-order valence-corrected chi connectivity index (χ4v) is 8.20. The van der Waals surface area contributed by atoms with Crippen molar-refractivity contribution in [1.82, 2.24) is 0 Å². The Bertz CT molecular complexity index is 559. The molecule has 0 radical (unpaired) electrons.